The summed E-state index contributed by atoms with van der Waals surface area (Å²) in [6.45, 7) is 24.1. The minimum Gasteiger partial charge on any atom is -0.458 e. The van der Waals surface area contributed by atoms with Gasteiger partial charge in [0.05, 0.1) is 6.10 Å². The van der Waals surface area contributed by atoms with Gasteiger partial charge in [0.2, 0.25) is 0 Å². The Morgan fingerprint density at radius 3 is 2.26 bits per heavy atom. The Kier molecular flexibility index (Phi) is 9.83. The van der Waals surface area contributed by atoms with Gasteiger partial charge in [0.1, 0.15) is 20.3 Å². The Morgan fingerprint density at radius 1 is 1.16 bits per heavy atom. The number of hydrogen-bond acceptors (Lipinski definition) is 4. The molecule has 1 N–H and O–H groups in total. The minimum atomic E-state index is -2.02. The van der Waals surface area contributed by atoms with Gasteiger partial charge in [-0.1, -0.05) is 73.2 Å². The number of cyclic esters (lactones) is 1. The van der Waals surface area contributed by atoms with Crippen LogP contribution in [0.4, 0.5) is 0 Å². The van der Waals surface area contributed by atoms with Gasteiger partial charge in [-0.3, -0.25) is 0 Å². The van der Waals surface area contributed by atoms with Crippen molar-refractivity contribution < 1.29 is 19.1 Å². The van der Waals surface area contributed by atoms with E-state index < -0.39 is 22.5 Å². The second-order valence-electron chi connectivity index (χ2n) is 11.9. The van der Waals surface area contributed by atoms with Gasteiger partial charge in [-0.15, -0.1) is 5.54 Å². The Labute approximate surface area is 193 Å². The van der Waals surface area contributed by atoms with Crippen LogP contribution < -0.4 is 0 Å². The number of hydrogen-bond donors (Lipinski definition) is 1. The highest BCUT2D eigenvalue weighted by Crippen LogP contribution is 2.38. The van der Waals surface area contributed by atoms with E-state index >= 15 is 0 Å². The van der Waals surface area contributed by atoms with Crippen molar-refractivity contribution >= 4 is 22.4 Å². The highest BCUT2D eigenvalue weighted by Gasteiger charge is 2.41. The zero-order valence-electron chi connectivity index (χ0n) is 21.7. The number of rotatable bonds is 8. The van der Waals surface area contributed by atoms with Gasteiger partial charge >= 0.3 is 5.97 Å². The standard InChI is InChI=1S/C25H46O4Si2/c1-18(24-19(2)13-15-23(27)28-24)12-14-21(26)20(3)22(16-17-30(7,8)9)29-31(10,11)25(4,5)6/h13,15,18-22,24,26H,12,14H2,1-11H3/t18-,19-,20+,21-,22-,24-/m0/s1. The van der Waals surface area contributed by atoms with Gasteiger partial charge in [0.15, 0.2) is 8.32 Å². The van der Waals surface area contributed by atoms with Gasteiger partial charge in [0.25, 0.3) is 0 Å². The molecule has 1 heterocycles. The topological polar surface area (TPSA) is 55.8 Å². The van der Waals surface area contributed by atoms with Crippen LogP contribution in [0.25, 0.3) is 0 Å². The van der Waals surface area contributed by atoms with Crippen molar-refractivity contribution in [1.82, 2.24) is 0 Å². The van der Waals surface area contributed by atoms with E-state index in [9.17, 15) is 9.90 Å². The molecule has 0 spiro atoms. The summed E-state index contributed by atoms with van der Waals surface area (Å²) in [4.78, 5) is 11.6. The predicted molar refractivity (Wildman–Crippen MR) is 135 cm³/mol. The van der Waals surface area contributed by atoms with E-state index in [0.29, 0.717) is 6.42 Å². The van der Waals surface area contributed by atoms with Crippen LogP contribution in [0, 0.1) is 29.2 Å². The van der Waals surface area contributed by atoms with Crippen molar-refractivity contribution in [3.05, 3.63) is 12.2 Å². The molecule has 31 heavy (non-hydrogen) atoms. The third-order valence-corrected chi connectivity index (χ3v) is 12.0. The fraction of sp³-hybridized carbons (Fsp3) is 0.800. The van der Waals surface area contributed by atoms with E-state index in [1.54, 1.807) is 0 Å². The Bertz CT molecular complexity index is 691. The van der Waals surface area contributed by atoms with E-state index in [2.05, 4.69) is 85.7 Å². The summed E-state index contributed by atoms with van der Waals surface area (Å²) in [6, 6.07) is 0. The maximum absolute atomic E-state index is 11.6. The number of carbonyl (C=O) groups is 1. The lowest BCUT2D eigenvalue weighted by Gasteiger charge is -2.40. The minimum absolute atomic E-state index is 0.0831. The van der Waals surface area contributed by atoms with Gasteiger partial charge < -0.3 is 14.3 Å². The van der Waals surface area contributed by atoms with E-state index in [1.165, 1.54) is 6.08 Å². The molecule has 4 nitrogen and oxygen atoms in total. The van der Waals surface area contributed by atoms with Crippen molar-refractivity contribution in [2.45, 2.75) is 110 Å². The van der Waals surface area contributed by atoms with E-state index in [0.717, 1.165) is 6.42 Å². The molecule has 0 radical (unpaired) electrons. The summed E-state index contributed by atoms with van der Waals surface area (Å²) < 4.78 is 12.2. The van der Waals surface area contributed by atoms with Gasteiger partial charge in [-0.2, -0.15) is 0 Å². The number of aliphatic hydroxyl groups is 1. The van der Waals surface area contributed by atoms with Crippen LogP contribution in [0.15, 0.2) is 12.2 Å². The second-order valence-corrected chi connectivity index (χ2v) is 21.4. The van der Waals surface area contributed by atoms with Crippen LogP contribution in [0.1, 0.15) is 54.4 Å². The molecule has 0 aromatic carbocycles. The largest absolute Gasteiger partial charge is 0.458 e. The fourth-order valence-corrected chi connectivity index (χ4v) is 5.20. The number of carbonyl (C=O) groups excluding carboxylic acids is 1. The Hall–Kier alpha value is -0.876. The van der Waals surface area contributed by atoms with Crippen molar-refractivity contribution in [2.75, 3.05) is 0 Å². The molecule has 0 fully saturated rings. The highest BCUT2D eigenvalue weighted by molar-refractivity contribution is 6.83. The Morgan fingerprint density at radius 2 is 1.74 bits per heavy atom. The zero-order valence-corrected chi connectivity index (χ0v) is 23.7. The smallest absolute Gasteiger partial charge is 0.330 e. The second kappa shape index (κ2) is 10.8. The molecule has 0 aliphatic carbocycles. The van der Waals surface area contributed by atoms with E-state index in [4.69, 9.17) is 9.16 Å². The molecule has 178 valence electrons. The molecule has 1 aliphatic heterocycles. The van der Waals surface area contributed by atoms with Crippen LogP contribution in [-0.4, -0.2) is 45.8 Å². The van der Waals surface area contributed by atoms with Crippen LogP contribution in [-0.2, 0) is 14.0 Å². The summed E-state index contributed by atoms with van der Waals surface area (Å²) in [6.07, 6.45) is 3.93. The van der Waals surface area contributed by atoms with Gasteiger partial charge in [-0.25, -0.2) is 4.79 Å². The zero-order chi connectivity index (χ0) is 24.2. The van der Waals surface area contributed by atoms with Crippen LogP contribution in [0.2, 0.25) is 37.8 Å². The summed E-state index contributed by atoms with van der Waals surface area (Å²) in [5.74, 6) is 3.43. The molecule has 6 heteroatoms. The van der Waals surface area contributed by atoms with Gasteiger partial charge in [-0.05, 0) is 36.9 Å². The summed E-state index contributed by atoms with van der Waals surface area (Å²) in [5, 5.41) is 11.1. The SMILES string of the molecule is C[C@@H]([C@H](C#C[Si](C)(C)C)O[Si](C)(C)C(C)(C)C)[C@@H](O)CC[C@H](C)[C@@H]1OC(=O)C=C[C@@H]1C. The molecular weight excluding hydrogens is 420 g/mol. The molecule has 0 saturated carbocycles. The lowest BCUT2D eigenvalue weighted by molar-refractivity contribution is -0.149. The molecule has 0 amide bonds. The first-order valence-corrected chi connectivity index (χ1v) is 18.1. The average molecular weight is 467 g/mol. The summed E-state index contributed by atoms with van der Waals surface area (Å²) >= 11 is 0. The molecule has 0 aromatic heterocycles. The van der Waals surface area contributed by atoms with Crippen molar-refractivity contribution in [1.29, 1.82) is 0 Å². The molecule has 6 atom stereocenters. The maximum atomic E-state index is 11.6. The van der Waals surface area contributed by atoms with Crippen LogP contribution >= 0.6 is 0 Å². The quantitative estimate of drug-likeness (QED) is 0.279. The Balaban J connectivity index is 2.89. The fourth-order valence-electron chi connectivity index (χ4n) is 3.37. The number of aliphatic hydroxyl groups excluding tert-OH is 1. The summed E-state index contributed by atoms with van der Waals surface area (Å²) in [7, 11) is -3.58. The van der Waals surface area contributed by atoms with E-state index in [1.807, 2.05) is 6.08 Å². The van der Waals surface area contributed by atoms with Crippen molar-refractivity contribution in [3.8, 4) is 11.5 Å². The highest BCUT2D eigenvalue weighted by atomic mass is 28.4. The van der Waals surface area contributed by atoms with Crippen LogP contribution in [0.5, 0.6) is 0 Å². The first-order valence-electron chi connectivity index (χ1n) is 11.7. The first kappa shape index (κ1) is 28.2. The first-order chi connectivity index (χ1) is 13.9. The molecule has 0 unspecified atom stereocenters. The molecule has 0 bridgehead atoms. The van der Waals surface area contributed by atoms with Crippen molar-refractivity contribution in [3.63, 3.8) is 0 Å². The number of esters is 1. The monoisotopic (exact) mass is 466 g/mol. The lowest BCUT2D eigenvalue weighted by atomic mass is 9.85. The predicted octanol–water partition coefficient (Wildman–Crippen LogP) is 5.79. The lowest BCUT2D eigenvalue weighted by Crippen LogP contribution is -2.47. The van der Waals surface area contributed by atoms with Crippen LogP contribution in [0.3, 0.4) is 0 Å². The number of ether oxygens (including phenoxy) is 1. The third kappa shape index (κ3) is 8.88. The molecule has 1 rings (SSSR count). The summed E-state index contributed by atoms with van der Waals surface area (Å²) in [5.41, 5.74) is 3.47. The molecule has 1 aliphatic rings. The molecule has 0 saturated heterocycles. The third-order valence-electron chi connectivity index (χ3n) is 6.69. The average Bonchev–Trinajstić information content (AvgIpc) is 2.62. The molecule has 0 aromatic rings. The maximum Gasteiger partial charge on any atom is 0.330 e. The normalized spacial score (nSPS) is 23.9. The van der Waals surface area contributed by atoms with E-state index in [-0.39, 0.29) is 41.0 Å². The molecular formula is C25H46O4Si2. The van der Waals surface area contributed by atoms with Gasteiger partial charge in [0, 0.05) is 17.9 Å². The van der Waals surface area contributed by atoms with Crippen molar-refractivity contribution in [2.24, 2.45) is 17.8 Å².